The molecule has 0 saturated heterocycles. The molecule has 2 unspecified atom stereocenters. The second kappa shape index (κ2) is 8.02. The van der Waals surface area contributed by atoms with Gasteiger partial charge < -0.3 is 5.32 Å². The minimum absolute atomic E-state index is 0.0434. The molecule has 0 bridgehead atoms. The number of benzene rings is 3. The lowest BCUT2D eigenvalue weighted by molar-refractivity contribution is -0.118. The first kappa shape index (κ1) is 18.4. The maximum absolute atomic E-state index is 13.1. The van der Waals surface area contributed by atoms with Crippen LogP contribution >= 0.6 is 11.3 Å². The van der Waals surface area contributed by atoms with Crippen molar-refractivity contribution in [2.24, 2.45) is 0 Å². The first-order chi connectivity index (χ1) is 14.8. The molecule has 30 heavy (non-hydrogen) atoms. The van der Waals surface area contributed by atoms with E-state index in [1.807, 2.05) is 72.1 Å². The molecule has 1 amide bonds. The number of carbonyl (C=O) groups excluding carboxylic acids is 1. The van der Waals surface area contributed by atoms with Crippen LogP contribution in [0.15, 0.2) is 96.4 Å². The summed E-state index contributed by atoms with van der Waals surface area (Å²) in [6, 6.07) is 30.4. The highest BCUT2D eigenvalue weighted by molar-refractivity contribution is 7.10. The van der Waals surface area contributed by atoms with Crippen molar-refractivity contribution in [3.05, 3.63) is 124 Å². The van der Waals surface area contributed by atoms with Gasteiger partial charge in [-0.15, -0.1) is 11.3 Å². The van der Waals surface area contributed by atoms with Crippen molar-refractivity contribution < 1.29 is 4.79 Å². The average Bonchev–Trinajstić information content (AvgIpc) is 3.32. The van der Waals surface area contributed by atoms with Crippen LogP contribution < -0.4 is 5.32 Å². The van der Waals surface area contributed by atoms with Crippen LogP contribution in [0.5, 0.6) is 0 Å². The number of hydrogen-bond acceptors (Lipinski definition) is 2. The maximum atomic E-state index is 13.1. The third-order valence-corrected chi connectivity index (χ3v) is 6.35. The van der Waals surface area contributed by atoms with E-state index in [9.17, 15) is 4.79 Å². The Balaban J connectivity index is 1.60. The Morgan fingerprint density at radius 1 is 0.733 bits per heavy atom. The summed E-state index contributed by atoms with van der Waals surface area (Å²) < 4.78 is 0. The molecule has 144 valence electrons. The van der Waals surface area contributed by atoms with Crippen molar-refractivity contribution in [1.82, 2.24) is 0 Å². The van der Waals surface area contributed by atoms with Gasteiger partial charge in [-0.25, -0.2) is 0 Å². The quantitative estimate of drug-likeness (QED) is 0.406. The van der Waals surface area contributed by atoms with E-state index in [0.29, 0.717) is 0 Å². The van der Waals surface area contributed by atoms with E-state index < -0.39 is 0 Å². The Bertz CT molecular complexity index is 1250. The van der Waals surface area contributed by atoms with Crippen LogP contribution in [-0.2, 0) is 4.79 Å². The normalized spacial score (nSPS) is 17.4. The lowest BCUT2D eigenvalue weighted by Crippen LogP contribution is -2.32. The highest BCUT2D eigenvalue weighted by Gasteiger charge is 2.38. The molecule has 0 fully saturated rings. The molecule has 2 nitrogen and oxygen atoms in total. The second-order valence-electron chi connectivity index (χ2n) is 7.29. The fourth-order valence-electron chi connectivity index (χ4n) is 4.03. The highest BCUT2D eigenvalue weighted by atomic mass is 32.1. The molecule has 5 rings (SSSR count). The Morgan fingerprint density at radius 3 is 2.33 bits per heavy atom. The van der Waals surface area contributed by atoms with Crippen LogP contribution in [0.1, 0.15) is 39.0 Å². The van der Waals surface area contributed by atoms with Crippen molar-refractivity contribution >= 4 is 22.9 Å². The van der Waals surface area contributed by atoms with Crippen molar-refractivity contribution in [3.8, 4) is 11.8 Å². The van der Waals surface area contributed by atoms with E-state index in [4.69, 9.17) is 0 Å². The second-order valence-corrected chi connectivity index (χ2v) is 8.27. The molecule has 2 heterocycles. The summed E-state index contributed by atoms with van der Waals surface area (Å²) in [5.74, 6) is 6.25. The molecule has 2 atom stereocenters. The van der Waals surface area contributed by atoms with E-state index in [-0.39, 0.29) is 17.7 Å². The molecule has 0 saturated carbocycles. The lowest BCUT2D eigenvalue weighted by atomic mass is 9.76. The molecule has 1 N–H and O–H groups in total. The number of hydrogen-bond donors (Lipinski definition) is 1. The maximum Gasteiger partial charge on any atom is 0.233 e. The molecular weight excluding hydrogens is 386 g/mol. The molecule has 1 aliphatic rings. The molecule has 1 aromatic heterocycles. The third kappa shape index (κ3) is 3.54. The smallest absolute Gasteiger partial charge is 0.233 e. The molecule has 4 aromatic rings. The molecule has 0 radical (unpaired) electrons. The summed E-state index contributed by atoms with van der Waals surface area (Å²) in [6.45, 7) is 0. The van der Waals surface area contributed by atoms with Gasteiger partial charge in [0, 0.05) is 27.6 Å². The van der Waals surface area contributed by atoms with Gasteiger partial charge >= 0.3 is 0 Å². The van der Waals surface area contributed by atoms with Crippen LogP contribution in [0.2, 0.25) is 0 Å². The van der Waals surface area contributed by atoms with Gasteiger partial charge in [-0.3, -0.25) is 4.79 Å². The number of carbonyl (C=O) groups is 1. The fourth-order valence-corrected chi connectivity index (χ4v) is 4.89. The predicted molar refractivity (Wildman–Crippen MR) is 123 cm³/mol. The monoisotopic (exact) mass is 405 g/mol. The van der Waals surface area contributed by atoms with Crippen LogP contribution in [0, 0.1) is 11.8 Å². The van der Waals surface area contributed by atoms with Crippen molar-refractivity contribution in [3.63, 3.8) is 0 Å². The summed E-state index contributed by atoms with van der Waals surface area (Å²) in [5.41, 5.74) is 5.08. The van der Waals surface area contributed by atoms with Gasteiger partial charge in [0.05, 0.1) is 5.92 Å². The van der Waals surface area contributed by atoms with Crippen LogP contribution in [0.4, 0.5) is 5.69 Å². The van der Waals surface area contributed by atoms with Gasteiger partial charge in [-0.1, -0.05) is 66.4 Å². The predicted octanol–water partition coefficient (Wildman–Crippen LogP) is 6.02. The van der Waals surface area contributed by atoms with Crippen LogP contribution in [0.25, 0.3) is 0 Å². The van der Waals surface area contributed by atoms with Gasteiger partial charge in [0.2, 0.25) is 5.91 Å². The third-order valence-electron chi connectivity index (χ3n) is 5.39. The van der Waals surface area contributed by atoms with E-state index in [1.165, 1.54) is 0 Å². The highest BCUT2D eigenvalue weighted by Crippen LogP contribution is 2.46. The zero-order valence-electron chi connectivity index (χ0n) is 16.2. The Hall–Kier alpha value is -3.61. The number of fused-ring (bicyclic) bond motifs is 1. The molecule has 1 aliphatic heterocycles. The number of thiophene rings is 1. The van der Waals surface area contributed by atoms with Gasteiger partial charge in [0.25, 0.3) is 0 Å². The summed E-state index contributed by atoms with van der Waals surface area (Å²) in [6.07, 6.45) is 0. The van der Waals surface area contributed by atoms with Crippen LogP contribution in [0.3, 0.4) is 0 Å². The summed E-state index contributed by atoms with van der Waals surface area (Å²) in [4.78, 5) is 14.2. The SMILES string of the molecule is O=C1Nc2ccccc2C(c2cccc(C#Cc3ccccc3)c2)C1c1cccs1. The molecule has 0 aliphatic carbocycles. The number of anilines is 1. The minimum Gasteiger partial charge on any atom is -0.325 e. The van der Waals surface area contributed by atoms with E-state index >= 15 is 0 Å². The number of amides is 1. The summed E-state index contributed by atoms with van der Waals surface area (Å²) in [7, 11) is 0. The van der Waals surface area contributed by atoms with Gasteiger partial charge in [0.15, 0.2) is 0 Å². The van der Waals surface area contributed by atoms with E-state index in [1.54, 1.807) is 11.3 Å². The van der Waals surface area contributed by atoms with Crippen LogP contribution in [-0.4, -0.2) is 5.91 Å². The van der Waals surface area contributed by atoms with Crippen molar-refractivity contribution in [2.75, 3.05) is 5.32 Å². The molecular formula is C27H19NOS. The first-order valence-corrected chi connectivity index (χ1v) is 10.8. The largest absolute Gasteiger partial charge is 0.325 e. The Labute approximate surface area is 180 Å². The van der Waals surface area contributed by atoms with Crippen molar-refractivity contribution in [1.29, 1.82) is 0 Å². The summed E-state index contributed by atoms with van der Waals surface area (Å²) in [5, 5.41) is 5.13. The topological polar surface area (TPSA) is 29.1 Å². The zero-order valence-corrected chi connectivity index (χ0v) is 17.0. The van der Waals surface area contributed by atoms with E-state index in [0.717, 1.165) is 32.8 Å². The van der Waals surface area contributed by atoms with E-state index in [2.05, 4.69) is 41.4 Å². The zero-order chi connectivity index (χ0) is 20.3. The fraction of sp³-hybridized carbons (Fsp3) is 0.0741. The number of rotatable bonds is 2. The standard InChI is InChI=1S/C27H19NOS/c29-27-26(24-14-7-17-30-24)25(22-12-4-5-13-23(22)28-27)21-11-6-10-20(18-21)16-15-19-8-2-1-3-9-19/h1-14,17-18,25-26H,(H,28,29). The van der Waals surface area contributed by atoms with Gasteiger partial charge in [-0.05, 0) is 52.9 Å². The Kier molecular flexibility index (Phi) is 4.93. The number of nitrogens with one attached hydrogen (secondary N) is 1. The summed E-state index contributed by atoms with van der Waals surface area (Å²) >= 11 is 1.63. The number of para-hydroxylation sites is 1. The van der Waals surface area contributed by atoms with Gasteiger partial charge in [-0.2, -0.15) is 0 Å². The molecule has 3 aromatic carbocycles. The van der Waals surface area contributed by atoms with Gasteiger partial charge in [0.1, 0.15) is 0 Å². The minimum atomic E-state index is -0.253. The molecule has 0 spiro atoms. The Morgan fingerprint density at radius 2 is 1.50 bits per heavy atom. The lowest BCUT2D eigenvalue weighted by Gasteiger charge is -2.33. The molecule has 3 heteroatoms. The first-order valence-electron chi connectivity index (χ1n) is 9.90. The van der Waals surface area contributed by atoms with Crippen molar-refractivity contribution in [2.45, 2.75) is 11.8 Å². The average molecular weight is 406 g/mol.